The van der Waals surface area contributed by atoms with Crippen LogP contribution in [0.2, 0.25) is 5.02 Å². The maximum Gasteiger partial charge on any atom is 0.262 e. The van der Waals surface area contributed by atoms with E-state index >= 15 is 0 Å². The van der Waals surface area contributed by atoms with Crippen molar-refractivity contribution in [3.05, 3.63) is 53.1 Å². The van der Waals surface area contributed by atoms with E-state index in [1.54, 1.807) is 37.3 Å². The molecule has 2 aromatic carbocycles. The maximum absolute atomic E-state index is 12.7. The average molecular weight is 411 g/mol. The zero-order chi connectivity index (χ0) is 20.0. The second-order valence-electron chi connectivity index (χ2n) is 6.17. The number of amides is 1. The molecule has 1 unspecified atom stereocenters. The summed E-state index contributed by atoms with van der Waals surface area (Å²) in [6.07, 6.45) is 0.779. The highest BCUT2D eigenvalue weighted by Crippen LogP contribution is 2.24. The Bertz CT molecular complexity index is 916. The van der Waals surface area contributed by atoms with E-state index < -0.39 is 10.0 Å². The quantitative estimate of drug-likeness (QED) is 0.682. The van der Waals surface area contributed by atoms with E-state index in [-0.39, 0.29) is 23.5 Å². The fourth-order valence-corrected chi connectivity index (χ4v) is 3.77. The van der Waals surface area contributed by atoms with Gasteiger partial charge in [0.05, 0.1) is 16.7 Å². The van der Waals surface area contributed by atoms with Crippen LogP contribution in [0, 0.1) is 6.92 Å². The molecule has 0 heterocycles. The summed E-state index contributed by atoms with van der Waals surface area (Å²) >= 11 is 5.90. The molecule has 27 heavy (non-hydrogen) atoms. The van der Waals surface area contributed by atoms with Crippen molar-refractivity contribution in [2.45, 2.75) is 38.2 Å². The normalized spacial score (nSPS) is 12.4. The smallest absolute Gasteiger partial charge is 0.262 e. The third-order valence-electron chi connectivity index (χ3n) is 3.91. The molecule has 146 valence electrons. The number of aryl methyl sites for hydroxylation is 1. The summed E-state index contributed by atoms with van der Waals surface area (Å²) in [5.74, 6) is -0.342. The summed E-state index contributed by atoms with van der Waals surface area (Å²) in [5, 5.41) is 3.08. The van der Waals surface area contributed by atoms with E-state index in [4.69, 9.17) is 16.3 Å². The van der Waals surface area contributed by atoms with Crippen LogP contribution >= 0.6 is 11.6 Å². The maximum atomic E-state index is 12.7. The first-order valence-corrected chi connectivity index (χ1v) is 10.4. The van der Waals surface area contributed by atoms with Gasteiger partial charge in [0.15, 0.2) is 0 Å². The van der Waals surface area contributed by atoms with Crippen LogP contribution in [0.4, 0.5) is 11.4 Å². The second-order valence-corrected chi connectivity index (χ2v) is 8.26. The van der Waals surface area contributed by atoms with Gasteiger partial charge in [-0.1, -0.05) is 30.7 Å². The van der Waals surface area contributed by atoms with Gasteiger partial charge >= 0.3 is 0 Å². The van der Waals surface area contributed by atoms with Gasteiger partial charge in [-0.25, -0.2) is 8.42 Å². The Morgan fingerprint density at radius 2 is 1.93 bits per heavy atom. The van der Waals surface area contributed by atoms with Crippen molar-refractivity contribution in [3.8, 4) is 0 Å². The zero-order valence-electron chi connectivity index (χ0n) is 15.5. The number of carbonyl (C=O) groups is 1. The average Bonchev–Trinajstić information content (AvgIpc) is 2.60. The molecule has 2 N–H and O–H groups in total. The summed E-state index contributed by atoms with van der Waals surface area (Å²) in [6.45, 7) is 5.44. The zero-order valence-corrected chi connectivity index (χ0v) is 17.0. The Labute approximate surface area is 164 Å². The molecule has 0 saturated carbocycles. The lowest BCUT2D eigenvalue weighted by molar-refractivity contribution is -0.122. The Morgan fingerprint density at radius 1 is 1.19 bits per heavy atom. The van der Waals surface area contributed by atoms with Crippen LogP contribution in [0.25, 0.3) is 0 Å². The molecule has 0 aromatic heterocycles. The number of ether oxygens (including phenoxy) is 1. The van der Waals surface area contributed by atoms with E-state index in [2.05, 4.69) is 10.0 Å². The fraction of sp³-hybridized carbons (Fsp3) is 0.316. The van der Waals surface area contributed by atoms with Gasteiger partial charge in [0, 0.05) is 10.7 Å². The SMILES string of the molecule is CCC(C)OCC(=O)Nc1ccc(C)c(S(=O)(=O)Nc2cccc(Cl)c2)c1. The predicted octanol–water partition coefficient (Wildman–Crippen LogP) is 4.20. The van der Waals surface area contributed by atoms with Gasteiger partial charge in [-0.2, -0.15) is 0 Å². The highest BCUT2D eigenvalue weighted by Gasteiger charge is 2.18. The lowest BCUT2D eigenvalue weighted by Gasteiger charge is -2.14. The number of sulfonamides is 1. The molecule has 0 saturated heterocycles. The molecule has 1 amide bonds. The van der Waals surface area contributed by atoms with E-state index in [0.29, 0.717) is 22.0 Å². The van der Waals surface area contributed by atoms with Crippen molar-refractivity contribution >= 4 is 38.9 Å². The minimum Gasteiger partial charge on any atom is -0.369 e. The van der Waals surface area contributed by atoms with Gasteiger partial charge in [0.2, 0.25) is 5.91 Å². The molecule has 2 rings (SSSR count). The van der Waals surface area contributed by atoms with Crippen molar-refractivity contribution in [2.24, 2.45) is 0 Å². The first kappa shape index (κ1) is 21.2. The van der Waals surface area contributed by atoms with Crippen LogP contribution in [0.5, 0.6) is 0 Å². The van der Waals surface area contributed by atoms with Crippen LogP contribution in [0.3, 0.4) is 0 Å². The number of nitrogens with one attached hydrogen (secondary N) is 2. The first-order chi connectivity index (χ1) is 12.7. The first-order valence-electron chi connectivity index (χ1n) is 8.51. The van der Waals surface area contributed by atoms with Crippen LogP contribution in [0.15, 0.2) is 47.4 Å². The summed E-state index contributed by atoms with van der Waals surface area (Å²) in [6, 6.07) is 11.1. The molecule has 0 aliphatic heterocycles. The van der Waals surface area contributed by atoms with Gasteiger partial charge < -0.3 is 10.1 Å². The number of anilines is 2. The molecule has 2 aromatic rings. The minimum absolute atomic E-state index is 0.0217. The van der Waals surface area contributed by atoms with E-state index in [0.717, 1.165) is 6.42 Å². The number of rotatable bonds is 8. The predicted molar refractivity (Wildman–Crippen MR) is 108 cm³/mol. The Hall–Kier alpha value is -2.09. The van der Waals surface area contributed by atoms with Gasteiger partial charge in [0.25, 0.3) is 10.0 Å². The number of carbonyl (C=O) groups excluding carboxylic acids is 1. The molecule has 0 aliphatic rings. The van der Waals surface area contributed by atoms with Crippen LogP contribution in [0.1, 0.15) is 25.8 Å². The molecule has 0 radical (unpaired) electrons. The molecule has 0 aliphatic carbocycles. The Balaban J connectivity index is 2.17. The highest BCUT2D eigenvalue weighted by molar-refractivity contribution is 7.92. The molecule has 1 atom stereocenters. The van der Waals surface area contributed by atoms with Crippen LogP contribution in [-0.2, 0) is 19.6 Å². The van der Waals surface area contributed by atoms with Gasteiger partial charge in [-0.05, 0) is 56.2 Å². The van der Waals surface area contributed by atoms with E-state index in [1.165, 1.54) is 12.1 Å². The van der Waals surface area contributed by atoms with Crippen molar-refractivity contribution in [1.29, 1.82) is 0 Å². The number of benzene rings is 2. The van der Waals surface area contributed by atoms with Crippen molar-refractivity contribution in [3.63, 3.8) is 0 Å². The van der Waals surface area contributed by atoms with Crippen molar-refractivity contribution in [1.82, 2.24) is 0 Å². The summed E-state index contributed by atoms with van der Waals surface area (Å²) in [5.41, 5.74) is 1.29. The molecular weight excluding hydrogens is 388 g/mol. The standard InChI is InChI=1S/C19H23ClN2O4S/c1-4-14(3)26-12-19(23)21-16-9-8-13(2)18(11-16)27(24,25)22-17-7-5-6-15(20)10-17/h5-11,14,22H,4,12H2,1-3H3,(H,21,23). The molecule has 6 nitrogen and oxygen atoms in total. The number of hydrogen-bond donors (Lipinski definition) is 2. The number of halogens is 1. The van der Waals surface area contributed by atoms with Gasteiger partial charge in [-0.15, -0.1) is 0 Å². The Kier molecular flexibility index (Phi) is 7.24. The summed E-state index contributed by atoms with van der Waals surface area (Å²) < 4.78 is 33.3. The second kappa shape index (κ2) is 9.21. The number of hydrogen-bond acceptors (Lipinski definition) is 4. The third-order valence-corrected chi connectivity index (χ3v) is 5.67. The van der Waals surface area contributed by atoms with Gasteiger partial charge in [-0.3, -0.25) is 9.52 Å². The highest BCUT2D eigenvalue weighted by atomic mass is 35.5. The van der Waals surface area contributed by atoms with Gasteiger partial charge in [0.1, 0.15) is 6.61 Å². The summed E-state index contributed by atoms with van der Waals surface area (Å²) in [7, 11) is -3.84. The van der Waals surface area contributed by atoms with E-state index in [1.807, 2.05) is 13.8 Å². The topological polar surface area (TPSA) is 84.5 Å². The molecule has 0 bridgehead atoms. The van der Waals surface area contributed by atoms with E-state index in [9.17, 15) is 13.2 Å². The van der Waals surface area contributed by atoms with Crippen LogP contribution < -0.4 is 10.0 Å². The van der Waals surface area contributed by atoms with Crippen molar-refractivity contribution in [2.75, 3.05) is 16.6 Å². The summed E-state index contributed by atoms with van der Waals surface area (Å²) in [4.78, 5) is 12.1. The molecule has 0 fully saturated rings. The minimum atomic E-state index is -3.84. The largest absolute Gasteiger partial charge is 0.369 e. The van der Waals surface area contributed by atoms with Crippen LogP contribution in [-0.4, -0.2) is 27.0 Å². The fourth-order valence-electron chi connectivity index (χ4n) is 2.26. The molecule has 0 spiro atoms. The monoisotopic (exact) mass is 410 g/mol. The Morgan fingerprint density at radius 3 is 2.59 bits per heavy atom. The van der Waals surface area contributed by atoms with Crippen molar-refractivity contribution < 1.29 is 17.9 Å². The molecule has 8 heteroatoms. The lowest BCUT2D eigenvalue weighted by Crippen LogP contribution is -2.22. The molecular formula is C19H23ClN2O4S. The third kappa shape index (κ3) is 6.23. The lowest BCUT2D eigenvalue weighted by atomic mass is 10.2.